The van der Waals surface area contributed by atoms with Crippen molar-refractivity contribution >= 4 is 81.0 Å². The number of aliphatic hydroxyl groups is 3. The third-order valence-electron chi connectivity index (χ3n) is 28.6. The summed E-state index contributed by atoms with van der Waals surface area (Å²) in [5.41, 5.74) is 16.0. The quantitative estimate of drug-likeness (QED) is 0.0209. The number of rotatable bonds is 39. The molecule has 148 heavy (non-hydrogen) atoms. The van der Waals surface area contributed by atoms with Gasteiger partial charge in [0.1, 0.15) is 0 Å². The van der Waals surface area contributed by atoms with E-state index in [4.69, 9.17) is 15.3 Å². The fraction of sp³-hybridized carbons (Fsp3) is 0.372. The molecule has 6 N–H and O–H groups in total. The first-order valence-corrected chi connectivity index (χ1v) is 52.7. The van der Waals surface area contributed by atoms with Crippen LogP contribution in [0, 0.1) is 20.8 Å². The minimum absolute atomic E-state index is 0.126. The molecule has 6 heterocycles. The molecule has 0 aliphatic carbocycles. The van der Waals surface area contributed by atoms with E-state index in [0.717, 1.165) is 138 Å². The molecule has 6 atom stereocenters. The molecule has 3 aromatic heterocycles. The lowest BCUT2D eigenvalue weighted by Crippen LogP contribution is -2.46. The van der Waals surface area contributed by atoms with Gasteiger partial charge in [-0.25, -0.2) is 14.0 Å². The number of amides is 9. The predicted molar refractivity (Wildman–Crippen MR) is 583 cm³/mol. The maximum atomic E-state index is 14.7. The Morgan fingerprint density at radius 1 is 0.311 bits per heavy atom. The molecule has 16 rings (SSSR count). The predicted octanol–water partition coefficient (Wildman–Crippen LogP) is 20.7. The lowest BCUT2D eigenvalue weighted by atomic mass is 9.93. The largest absolute Gasteiger partial charge is 0.394 e. The highest BCUT2D eigenvalue weighted by atomic mass is 16.3. The lowest BCUT2D eigenvalue weighted by molar-refractivity contribution is -0.118. The van der Waals surface area contributed by atoms with Crippen molar-refractivity contribution in [1.82, 2.24) is 58.7 Å². The van der Waals surface area contributed by atoms with Crippen molar-refractivity contribution < 1.29 is 58.5 Å². The van der Waals surface area contributed by atoms with Gasteiger partial charge in [-0.15, -0.1) is 0 Å². The highest BCUT2D eigenvalue weighted by molar-refractivity contribution is 6.05. The number of hydrogen-bond acceptors (Lipinski definition) is 15. The van der Waals surface area contributed by atoms with Crippen LogP contribution in [0.5, 0.6) is 0 Å². The van der Waals surface area contributed by atoms with Crippen molar-refractivity contribution in [2.24, 2.45) is 0 Å². The summed E-state index contributed by atoms with van der Waals surface area (Å²) < 4.78 is 4.93. The van der Waals surface area contributed by atoms with E-state index in [0.29, 0.717) is 163 Å². The second-order valence-electron chi connectivity index (χ2n) is 39.2. The molecule has 0 radical (unpaired) electrons. The van der Waals surface area contributed by atoms with Gasteiger partial charge in [0.15, 0.2) is 17.1 Å². The Hall–Kier alpha value is -14.8. The van der Waals surface area contributed by atoms with Gasteiger partial charge in [0, 0.05) is 93.0 Å². The molecule has 0 bridgehead atoms. The number of anilines is 3. The highest BCUT2D eigenvalue weighted by Crippen LogP contribution is 2.37. The molecule has 0 fully saturated rings. The van der Waals surface area contributed by atoms with Crippen LogP contribution in [-0.2, 0) is 53.3 Å². The van der Waals surface area contributed by atoms with Crippen molar-refractivity contribution in [2.45, 2.75) is 235 Å². The average Bonchev–Trinajstić information content (AvgIpc) is 1.63. The van der Waals surface area contributed by atoms with E-state index in [2.05, 4.69) is 57.5 Å². The van der Waals surface area contributed by atoms with Gasteiger partial charge in [-0.05, 0) is 233 Å². The van der Waals surface area contributed by atoms with Gasteiger partial charge >= 0.3 is 0 Å². The van der Waals surface area contributed by atoms with Crippen molar-refractivity contribution in [3.63, 3.8) is 0 Å². The number of fused-ring (bicyclic) bond motifs is 4. The Kier molecular flexibility index (Phi) is 38.3. The Balaban J connectivity index is 0.000000175. The number of carbonyl (C=O) groups excluding carboxylic acids is 9. The summed E-state index contributed by atoms with van der Waals surface area (Å²) in [7, 11) is 0. The number of benzene rings is 10. The maximum absolute atomic E-state index is 14.7. The molecule has 13 aromatic rings. The van der Waals surface area contributed by atoms with Crippen molar-refractivity contribution in [3.05, 3.63) is 350 Å². The number of nitrogens with zero attached hydrogens (tertiary/aromatic N) is 12. The zero-order valence-corrected chi connectivity index (χ0v) is 87.6. The number of hydrogen-bond donors (Lipinski definition) is 6. The SMILES string of the molecule is CCCCN(CCCC)C(=O)c1cc(C)n(-c2ccc(NC(=O)C(C)c3ccc4ccccc4c3)cc2C(=O)N2Cc3ccccc3C[C@H]2CO)n1.CCCCN(CCCC)C(=O)c1cc(C)n(-c2ccc(NC(=O)[C@@H](C)c3ccccc3)cc2C(=O)N2Cc3ccccc3C[C@H]2CO)n1.CCCCN(CCCC)C(=O)c1cc(C)n(-c2ccc(NC(=O)[C@H](C)c3ccccc3)cc2C(=O)N2Cc3ccccc3C[C@H]2CO)n1. The second kappa shape index (κ2) is 52.0. The molecular weight excluding hydrogens is 1860 g/mol. The number of aryl methyl sites for hydroxylation is 3. The van der Waals surface area contributed by atoms with Crippen molar-refractivity contribution in [2.75, 3.05) is 75.0 Å². The van der Waals surface area contributed by atoms with Crippen LogP contribution >= 0.6 is 0 Å². The standard InChI is InChI=1S/C43H49N5O4.2C39H47N5O4/c1-5-7-21-46(22-8-6-2)43(52)39-23-29(3)48(45-39)40-20-19-36(44-41(50)30(4)32-18-17-31-13-9-10-14-33(31)24-32)26-38(40)42(51)47-27-35-16-12-11-15-34(35)25-37(47)28-49;2*1-5-7-20-42(21-8-6-2)39(48)35-22-27(3)44(41-35)36-19-18-32(40-37(46)28(4)29-14-10-9-11-15-29)24-34(36)38(47)43-25-31-17-13-12-16-30(31)23-33(43)26-45/h9-20,23-24,26,30,37,49H,5-8,21-22,25,27-28H2,1-4H3,(H,44,50);2*9-19,22,24,28,33,45H,5-8,20-21,23,25-26H2,1-4H3,(H,40,46)/t30?,37-;28-,33+;28-,33-/m010/s1. The first-order chi connectivity index (χ1) is 71.7. The van der Waals surface area contributed by atoms with E-state index < -0.39 is 35.9 Å². The summed E-state index contributed by atoms with van der Waals surface area (Å²) >= 11 is 0. The van der Waals surface area contributed by atoms with Gasteiger partial charge in [0.2, 0.25) is 17.7 Å². The normalized spacial score (nSPS) is 14.6. The van der Waals surface area contributed by atoms with Crippen LogP contribution in [0.25, 0.3) is 27.8 Å². The molecule has 9 amide bonds. The fourth-order valence-electron chi connectivity index (χ4n) is 19.5. The molecule has 0 spiro atoms. The van der Waals surface area contributed by atoms with Crippen LogP contribution < -0.4 is 16.0 Å². The van der Waals surface area contributed by atoms with Gasteiger partial charge in [-0.2, -0.15) is 15.3 Å². The molecule has 10 aromatic carbocycles. The molecule has 774 valence electrons. The first-order valence-electron chi connectivity index (χ1n) is 52.7. The van der Waals surface area contributed by atoms with E-state index >= 15 is 0 Å². The van der Waals surface area contributed by atoms with Crippen LogP contribution in [-0.4, -0.2) is 204 Å². The molecule has 0 saturated heterocycles. The lowest BCUT2D eigenvalue weighted by Gasteiger charge is -2.36. The van der Waals surface area contributed by atoms with Crippen molar-refractivity contribution in [1.29, 1.82) is 0 Å². The zero-order valence-electron chi connectivity index (χ0n) is 87.6. The summed E-state index contributed by atoms with van der Waals surface area (Å²) in [6.45, 7) is 28.2. The molecule has 3 aliphatic heterocycles. The Bertz CT molecular complexity index is 6530. The number of aromatic nitrogens is 6. The van der Waals surface area contributed by atoms with E-state index in [1.54, 1.807) is 102 Å². The zero-order chi connectivity index (χ0) is 105. The third kappa shape index (κ3) is 26.2. The van der Waals surface area contributed by atoms with Gasteiger partial charge in [-0.3, -0.25) is 43.2 Å². The smallest absolute Gasteiger partial charge is 0.274 e. The summed E-state index contributed by atoms with van der Waals surface area (Å²) in [5, 5.41) is 56.7. The Morgan fingerprint density at radius 3 is 0.858 bits per heavy atom. The Morgan fingerprint density at radius 2 is 0.574 bits per heavy atom. The molecule has 1 unspecified atom stereocenters. The van der Waals surface area contributed by atoms with Crippen LogP contribution in [0.3, 0.4) is 0 Å². The van der Waals surface area contributed by atoms with Gasteiger partial charge in [0.05, 0.1) is 89.5 Å². The van der Waals surface area contributed by atoms with Gasteiger partial charge in [0.25, 0.3) is 35.4 Å². The number of carbonyl (C=O) groups is 9. The molecule has 0 saturated carbocycles. The minimum atomic E-state index is -0.453. The van der Waals surface area contributed by atoms with Crippen LogP contribution in [0.1, 0.15) is 287 Å². The highest BCUT2D eigenvalue weighted by Gasteiger charge is 2.38. The monoisotopic (exact) mass is 2000 g/mol. The van der Waals surface area contributed by atoms with E-state index in [1.807, 2.05) is 232 Å². The number of aliphatic hydroxyl groups excluding tert-OH is 3. The van der Waals surface area contributed by atoms with Crippen LogP contribution in [0.2, 0.25) is 0 Å². The second-order valence-corrected chi connectivity index (χ2v) is 39.2. The summed E-state index contributed by atoms with van der Waals surface area (Å²) in [6.07, 6.45) is 12.9. The first kappa shape index (κ1) is 109. The summed E-state index contributed by atoms with van der Waals surface area (Å²) in [6, 6.07) is 76.7. The average molecular weight is 2000 g/mol. The molecule has 27 heteroatoms. The van der Waals surface area contributed by atoms with Gasteiger partial charge in [-0.1, -0.05) is 256 Å². The van der Waals surface area contributed by atoms with E-state index in [1.165, 1.54) is 0 Å². The van der Waals surface area contributed by atoms with E-state index in [-0.39, 0.29) is 73.0 Å². The van der Waals surface area contributed by atoms with Crippen LogP contribution in [0.4, 0.5) is 17.1 Å². The fourth-order valence-corrected chi connectivity index (χ4v) is 19.5. The third-order valence-corrected chi connectivity index (χ3v) is 28.6. The number of nitrogens with one attached hydrogen (secondary N) is 3. The summed E-state index contributed by atoms with van der Waals surface area (Å²) in [5.74, 6) is -3.13. The topological polar surface area (TPSA) is 323 Å². The van der Waals surface area contributed by atoms with Gasteiger partial charge < -0.3 is 60.7 Å². The molecular formula is C121H143N15O12. The maximum Gasteiger partial charge on any atom is 0.274 e. The number of unbranched alkanes of at least 4 members (excludes halogenated alkanes) is 6. The minimum Gasteiger partial charge on any atom is -0.394 e. The van der Waals surface area contributed by atoms with Crippen molar-refractivity contribution in [3.8, 4) is 17.1 Å². The summed E-state index contributed by atoms with van der Waals surface area (Å²) in [4.78, 5) is 136. The molecule has 27 nitrogen and oxygen atoms in total. The Labute approximate surface area is 869 Å². The van der Waals surface area contributed by atoms with Crippen LogP contribution in [0.15, 0.2) is 249 Å². The molecule has 3 aliphatic rings. The van der Waals surface area contributed by atoms with E-state index in [9.17, 15) is 58.5 Å².